The molecule has 104 valence electrons. The predicted octanol–water partition coefficient (Wildman–Crippen LogP) is 1.78. The normalized spacial score (nSPS) is 20.3. The first-order valence-corrected chi connectivity index (χ1v) is 7.24. The lowest BCUT2D eigenvalue weighted by Gasteiger charge is -2.38. The Morgan fingerprint density at radius 1 is 1.50 bits per heavy atom. The van der Waals surface area contributed by atoms with Crippen molar-refractivity contribution in [2.24, 2.45) is 0 Å². The molecule has 1 aliphatic rings. The minimum Gasteiger partial charge on any atom is -0.481 e. The quantitative estimate of drug-likeness (QED) is 0.820. The Balaban J connectivity index is 2.50. The second-order valence-electron chi connectivity index (χ2n) is 5.18. The van der Waals surface area contributed by atoms with Crippen LogP contribution in [-0.2, 0) is 4.79 Å². The van der Waals surface area contributed by atoms with Crippen LogP contribution in [0.1, 0.15) is 33.6 Å². The Hall–Kier alpha value is -0.910. The minimum absolute atomic E-state index is 0.0196. The van der Waals surface area contributed by atoms with Crippen molar-refractivity contribution in [1.82, 2.24) is 10.2 Å². The molecule has 1 aliphatic heterocycles. The summed E-state index contributed by atoms with van der Waals surface area (Å²) < 4.78 is 0.0735. The average Bonchev–Trinajstić information content (AvgIpc) is 2.26. The Bertz CT molecular complexity index is 320. The number of rotatable bonds is 4. The van der Waals surface area contributed by atoms with E-state index in [1.165, 1.54) is 0 Å². The van der Waals surface area contributed by atoms with E-state index in [4.69, 9.17) is 5.11 Å². The van der Waals surface area contributed by atoms with E-state index in [-0.39, 0.29) is 23.2 Å². The molecule has 0 aromatic heterocycles. The monoisotopic (exact) mass is 274 g/mol. The average molecular weight is 274 g/mol. The summed E-state index contributed by atoms with van der Waals surface area (Å²) in [6.07, 6.45) is 0.609. The summed E-state index contributed by atoms with van der Waals surface area (Å²) in [5.74, 6) is 0.0487. The molecule has 0 bridgehead atoms. The van der Waals surface area contributed by atoms with E-state index in [0.717, 1.165) is 12.3 Å². The Labute approximate surface area is 112 Å². The topological polar surface area (TPSA) is 69.6 Å². The molecule has 0 saturated carbocycles. The number of amides is 2. The van der Waals surface area contributed by atoms with E-state index >= 15 is 0 Å². The molecule has 1 rings (SSSR count). The highest BCUT2D eigenvalue weighted by Crippen LogP contribution is 2.29. The number of carbonyl (C=O) groups is 2. The van der Waals surface area contributed by atoms with Crippen molar-refractivity contribution in [3.63, 3.8) is 0 Å². The molecule has 1 unspecified atom stereocenters. The first-order chi connectivity index (χ1) is 8.34. The maximum atomic E-state index is 12.0. The van der Waals surface area contributed by atoms with Crippen LogP contribution in [0, 0.1) is 0 Å². The largest absolute Gasteiger partial charge is 0.481 e. The van der Waals surface area contributed by atoms with Crippen LogP contribution in [0.2, 0.25) is 0 Å². The summed E-state index contributed by atoms with van der Waals surface area (Å²) in [5.41, 5.74) is 0. The molecule has 0 aromatic rings. The summed E-state index contributed by atoms with van der Waals surface area (Å²) in [7, 11) is 0. The number of nitrogens with one attached hydrogen (secondary N) is 1. The van der Waals surface area contributed by atoms with Gasteiger partial charge in [-0.2, -0.15) is 11.8 Å². The van der Waals surface area contributed by atoms with Gasteiger partial charge < -0.3 is 15.3 Å². The van der Waals surface area contributed by atoms with Crippen molar-refractivity contribution in [3.05, 3.63) is 0 Å². The zero-order chi connectivity index (χ0) is 13.8. The number of nitrogens with zero attached hydrogens (tertiary/aromatic N) is 1. The van der Waals surface area contributed by atoms with Crippen molar-refractivity contribution in [2.45, 2.75) is 44.4 Å². The molecule has 6 heteroatoms. The summed E-state index contributed by atoms with van der Waals surface area (Å²) >= 11 is 1.86. The van der Waals surface area contributed by atoms with Crippen LogP contribution in [0.4, 0.5) is 4.79 Å². The second kappa shape index (κ2) is 6.31. The number of urea groups is 1. The third-order valence-corrected chi connectivity index (χ3v) is 4.25. The SMILES string of the molecule is CCC(CC(=O)O)NC(=O)N1CCSC(C)(C)C1. The van der Waals surface area contributed by atoms with Crippen molar-refractivity contribution < 1.29 is 14.7 Å². The number of carbonyl (C=O) groups excluding carboxylic acids is 1. The van der Waals surface area contributed by atoms with E-state index in [1.54, 1.807) is 4.90 Å². The summed E-state index contributed by atoms with van der Waals surface area (Å²) in [4.78, 5) is 24.5. The van der Waals surface area contributed by atoms with Crippen LogP contribution in [0.25, 0.3) is 0 Å². The first-order valence-electron chi connectivity index (χ1n) is 6.25. The van der Waals surface area contributed by atoms with Gasteiger partial charge in [-0.3, -0.25) is 4.79 Å². The molecule has 1 saturated heterocycles. The molecular formula is C12H22N2O3S. The van der Waals surface area contributed by atoms with E-state index in [9.17, 15) is 9.59 Å². The van der Waals surface area contributed by atoms with Gasteiger partial charge >= 0.3 is 12.0 Å². The molecule has 1 heterocycles. The molecule has 2 N–H and O–H groups in total. The van der Waals surface area contributed by atoms with Crippen molar-refractivity contribution in [1.29, 1.82) is 0 Å². The summed E-state index contributed by atoms with van der Waals surface area (Å²) in [6, 6.07) is -0.427. The zero-order valence-corrected chi connectivity index (χ0v) is 12.0. The van der Waals surface area contributed by atoms with E-state index in [2.05, 4.69) is 19.2 Å². The van der Waals surface area contributed by atoms with Gasteiger partial charge in [0.2, 0.25) is 0 Å². The van der Waals surface area contributed by atoms with Gasteiger partial charge in [-0.25, -0.2) is 4.79 Å². The van der Waals surface area contributed by atoms with Crippen LogP contribution >= 0.6 is 11.8 Å². The maximum Gasteiger partial charge on any atom is 0.317 e. The number of carboxylic acids is 1. The second-order valence-corrected chi connectivity index (χ2v) is 6.98. The molecule has 0 radical (unpaired) electrons. The lowest BCUT2D eigenvalue weighted by Crippen LogP contribution is -2.52. The fourth-order valence-electron chi connectivity index (χ4n) is 1.96. The Morgan fingerprint density at radius 2 is 2.17 bits per heavy atom. The predicted molar refractivity (Wildman–Crippen MR) is 73.0 cm³/mol. The fourth-order valence-corrected chi connectivity index (χ4v) is 3.08. The van der Waals surface area contributed by atoms with E-state index < -0.39 is 5.97 Å². The minimum atomic E-state index is -0.878. The fraction of sp³-hybridized carbons (Fsp3) is 0.833. The van der Waals surface area contributed by atoms with Gasteiger partial charge in [0.15, 0.2) is 0 Å². The molecule has 2 amide bonds. The van der Waals surface area contributed by atoms with Crippen LogP contribution in [0.15, 0.2) is 0 Å². The molecule has 1 atom stereocenters. The molecule has 18 heavy (non-hydrogen) atoms. The van der Waals surface area contributed by atoms with Gasteiger partial charge in [-0.05, 0) is 20.3 Å². The highest BCUT2D eigenvalue weighted by atomic mass is 32.2. The maximum absolute atomic E-state index is 12.0. The van der Waals surface area contributed by atoms with Gasteiger partial charge in [0.05, 0.1) is 6.42 Å². The van der Waals surface area contributed by atoms with Gasteiger partial charge in [0.1, 0.15) is 0 Å². The van der Waals surface area contributed by atoms with E-state index in [1.807, 2.05) is 18.7 Å². The molecular weight excluding hydrogens is 252 g/mol. The molecule has 5 nitrogen and oxygen atoms in total. The van der Waals surface area contributed by atoms with Gasteiger partial charge in [-0.1, -0.05) is 6.92 Å². The number of hydrogen-bond acceptors (Lipinski definition) is 3. The number of carboxylic acid groups (broad SMARTS) is 1. The van der Waals surface area contributed by atoms with Gasteiger partial charge in [-0.15, -0.1) is 0 Å². The van der Waals surface area contributed by atoms with Crippen LogP contribution in [-0.4, -0.2) is 51.6 Å². The highest BCUT2D eigenvalue weighted by molar-refractivity contribution is 8.00. The number of aliphatic carboxylic acids is 1. The van der Waals surface area contributed by atoms with Gasteiger partial charge in [0.25, 0.3) is 0 Å². The number of thioether (sulfide) groups is 1. The summed E-state index contributed by atoms with van der Waals surface area (Å²) in [6.45, 7) is 7.54. The standard InChI is InChI=1S/C12H22N2O3S/c1-4-9(7-10(15)16)13-11(17)14-5-6-18-12(2,3)8-14/h9H,4-8H2,1-3H3,(H,13,17)(H,15,16). The zero-order valence-electron chi connectivity index (χ0n) is 11.2. The lowest BCUT2D eigenvalue weighted by molar-refractivity contribution is -0.137. The molecule has 1 fully saturated rings. The lowest BCUT2D eigenvalue weighted by atomic mass is 10.1. The highest BCUT2D eigenvalue weighted by Gasteiger charge is 2.30. The van der Waals surface area contributed by atoms with Crippen molar-refractivity contribution in [3.8, 4) is 0 Å². The molecule has 0 aromatic carbocycles. The van der Waals surface area contributed by atoms with E-state index in [0.29, 0.717) is 13.0 Å². The summed E-state index contributed by atoms with van der Waals surface area (Å²) in [5, 5.41) is 11.6. The first kappa shape index (κ1) is 15.1. The third kappa shape index (κ3) is 4.76. The van der Waals surface area contributed by atoms with Crippen molar-refractivity contribution >= 4 is 23.8 Å². The molecule has 0 aliphatic carbocycles. The van der Waals surface area contributed by atoms with Gasteiger partial charge in [0, 0.05) is 29.6 Å². The third-order valence-electron chi connectivity index (χ3n) is 2.95. The van der Waals surface area contributed by atoms with Crippen LogP contribution in [0.5, 0.6) is 0 Å². The Morgan fingerprint density at radius 3 is 2.67 bits per heavy atom. The Kier molecular flexibility index (Phi) is 5.31. The number of hydrogen-bond donors (Lipinski definition) is 2. The smallest absolute Gasteiger partial charge is 0.317 e. The van der Waals surface area contributed by atoms with Crippen LogP contribution in [0.3, 0.4) is 0 Å². The van der Waals surface area contributed by atoms with Crippen LogP contribution < -0.4 is 5.32 Å². The molecule has 0 spiro atoms. The van der Waals surface area contributed by atoms with Crippen molar-refractivity contribution in [2.75, 3.05) is 18.8 Å².